The van der Waals surface area contributed by atoms with Crippen molar-refractivity contribution < 1.29 is 4.74 Å². The van der Waals surface area contributed by atoms with Crippen LogP contribution in [-0.2, 0) is 0 Å². The molecule has 1 aliphatic carbocycles. The summed E-state index contributed by atoms with van der Waals surface area (Å²) in [6.45, 7) is 5.22. The third-order valence-corrected chi connectivity index (χ3v) is 4.66. The predicted molar refractivity (Wildman–Crippen MR) is 83.7 cm³/mol. The van der Waals surface area contributed by atoms with Crippen LogP contribution in [0, 0.1) is 5.41 Å². The molecule has 0 aliphatic heterocycles. The van der Waals surface area contributed by atoms with Crippen LogP contribution in [0.4, 0.5) is 0 Å². The molecule has 1 aliphatic rings. The Morgan fingerprint density at radius 1 is 1.21 bits per heavy atom. The van der Waals surface area contributed by atoms with Crippen molar-refractivity contribution in [1.82, 2.24) is 5.32 Å². The van der Waals surface area contributed by atoms with Crippen molar-refractivity contribution in [2.45, 2.75) is 39.0 Å². The number of hydrogen-bond acceptors (Lipinski definition) is 2. The summed E-state index contributed by atoms with van der Waals surface area (Å²) >= 11 is 3.44. The van der Waals surface area contributed by atoms with Gasteiger partial charge in [0.2, 0.25) is 0 Å². The molecule has 1 N–H and O–H groups in total. The quantitative estimate of drug-likeness (QED) is 0.802. The van der Waals surface area contributed by atoms with E-state index in [2.05, 4.69) is 28.2 Å². The molecule has 3 heteroatoms. The van der Waals surface area contributed by atoms with Gasteiger partial charge in [0.1, 0.15) is 5.75 Å². The van der Waals surface area contributed by atoms with E-state index < -0.39 is 0 Å². The minimum Gasteiger partial charge on any atom is -0.494 e. The minimum atomic E-state index is 0.478. The Morgan fingerprint density at radius 3 is 2.53 bits per heavy atom. The molecule has 2 rings (SSSR count). The maximum Gasteiger partial charge on any atom is 0.119 e. The Morgan fingerprint density at radius 2 is 1.89 bits per heavy atom. The minimum absolute atomic E-state index is 0.478. The van der Waals surface area contributed by atoms with Crippen molar-refractivity contribution in [2.24, 2.45) is 5.41 Å². The average molecular weight is 326 g/mol. The van der Waals surface area contributed by atoms with E-state index >= 15 is 0 Å². The van der Waals surface area contributed by atoms with Crippen LogP contribution in [0.5, 0.6) is 5.75 Å². The van der Waals surface area contributed by atoms with Crippen LogP contribution in [0.25, 0.3) is 0 Å². The Bertz CT molecular complexity index is 371. The number of ether oxygens (including phenoxy) is 1. The van der Waals surface area contributed by atoms with Crippen molar-refractivity contribution in [1.29, 1.82) is 0 Å². The second kappa shape index (κ2) is 7.30. The summed E-state index contributed by atoms with van der Waals surface area (Å²) in [6, 6.07) is 8.10. The Kier molecular flexibility index (Phi) is 5.71. The lowest BCUT2D eigenvalue weighted by molar-refractivity contribution is 0.193. The van der Waals surface area contributed by atoms with Crippen LogP contribution in [-0.4, -0.2) is 19.7 Å². The second-order valence-corrected chi connectivity index (χ2v) is 6.46. The molecule has 106 valence electrons. The van der Waals surface area contributed by atoms with Gasteiger partial charge in [-0.25, -0.2) is 0 Å². The smallest absolute Gasteiger partial charge is 0.119 e. The summed E-state index contributed by atoms with van der Waals surface area (Å²) in [4.78, 5) is 0. The van der Waals surface area contributed by atoms with Gasteiger partial charge in [-0.2, -0.15) is 0 Å². The maximum atomic E-state index is 5.88. The summed E-state index contributed by atoms with van der Waals surface area (Å²) in [7, 11) is 0. The molecule has 0 amide bonds. The van der Waals surface area contributed by atoms with Crippen LogP contribution in [0.15, 0.2) is 28.7 Å². The van der Waals surface area contributed by atoms with Gasteiger partial charge in [0.05, 0.1) is 6.61 Å². The van der Waals surface area contributed by atoms with Gasteiger partial charge < -0.3 is 10.1 Å². The summed E-state index contributed by atoms with van der Waals surface area (Å²) in [5, 5.41) is 3.53. The molecular formula is C16H24BrNO. The molecule has 0 aromatic heterocycles. The fourth-order valence-corrected chi connectivity index (χ4v) is 3.21. The molecule has 1 aromatic rings. The van der Waals surface area contributed by atoms with Gasteiger partial charge in [0, 0.05) is 11.0 Å². The molecule has 2 nitrogen and oxygen atoms in total. The lowest BCUT2D eigenvalue weighted by atomic mass is 9.83. The van der Waals surface area contributed by atoms with Crippen LogP contribution < -0.4 is 10.1 Å². The largest absolute Gasteiger partial charge is 0.494 e. The van der Waals surface area contributed by atoms with Crippen LogP contribution in [0.2, 0.25) is 0 Å². The zero-order valence-corrected chi connectivity index (χ0v) is 13.3. The summed E-state index contributed by atoms with van der Waals surface area (Å²) < 4.78 is 6.98. The molecule has 1 saturated carbocycles. The number of rotatable bonds is 7. The van der Waals surface area contributed by atoms with Crippen molar-refractivity contribution in [3.05, 3.63) is 28.7 Å². The van der Waals surface area contributed by atoms with E-state index in [9.17, 15) is 0 Å². The zero-order chi connectivity index (χ0) is 13.6. The van der Waals surface area contributed by atoms with Crippen molar-refractivity contribution >= 4 is 15.9 Å². The third-order valence-electron chi connectivity index (χ3n) is 4.13. The molecule has 0 heterocycles. The Labute approximate surface area is 125 Å². The maximum absolute atomic E-state index is 5.88. The van der Waals surface area contributed by atoms with E-state index in [1.54, 1.807) is 0 Å². The van der Waals surface area contributed by atoms with Crippen LogP contribution >= 0.6 is 15.9 Å². The zero-order valence-electron chi connectivity index (χ0n) is 11.8. The molecule has 19 heavy (non-hydrogen) atoms. The van der Waals surface area contributed by atoms with Gasteiger partial charge in [0.25, 0.3) is 0 Å². The molecule has 0 spiro atoms. The highest BCUT2D eigenvalue weighted by Gasteiger charge is 2.32. The number of halogens is 1. The second-order valence-electron chi connectivity index (χ2n) is 5.54. The molecule has 1 fully saturated rings. The van der Waals surface area contributed by atoms with Crippen molar-refractivity contribution in [2.75, 3.05) is 19.7 Å². The van der Waals surface area contributed by atoms with Crippen molar-refractivity contribution in [3.8, 4) is 5.75 Å². The normalized spacial score (nSPS) is 17.6. The Balaban J connectivity index is 1.80. The molecular weight excluding hydrogens is 302 g/mol. The summed E-state index contributed by atoms with van der Waals surface area (Å²) in [5.41, 5.74) is 0.478. The van der Waals surface area contributed by atoms with E-state index in [1.165, 1.54) is 25.7 Å². The highest BCUT2D eigenvalue weighted by atomic mass is 79.9. The Hall–Kier alpha value is -0.540. The van der Waals surface area contributed by atoms with Crippen LogP contribution in [0.3, 0.4) is 0 Å². The molecule has 1 aromatic carbocycles. The van der Waals surface area contributed by atoms with Crippen LogP contribution in [0.1, 0.15) is 39.0 Å². The van der Waals surface area contributed by atoms with E-state index in [4.69, 9.17) is 4.74 Å². The molecule has 0 saturated heterocycles. The first-order chi connectivity index (χ1) is 9.24. The standard InChI is InChI=1S/C16H24BrNO/c1-2-18-13-16(9-3-4-10-16)11-12-19-15-7-5-14(17)6-8-15/h5-8,18H,2-4,9-13H2,1H3. The monoisotopic (exact) mass is 325 g/mol. The first-order valence-corrected chi connectivity index (χ1v) is 8.12. The van der Waals surface area contributed by atoms with Gasteiger partial charge in [-0.15, -0.1) is 0 Å². The van der Waals surface area contributed by atoms with Gasteiger partial charge in [-0.05, 0) is 55.5 Å². The number of nitrogens with one attached hydrogen (secondary N) is 1. The summed E-state index contributed by atoms with van der Waals surface area (Å²) in [6.07, 6.45) is 6.62. The number of benzene rings is 1. The van der Waals surface area contributed by atoms with Gasteiger partial charge in [-0.1, -0.05) is 35.7 Å². The van der Waals surface area contributed by atoms with E-state index in [0.29, 0.717) is 5.41 Å². The SMILES string of the molecule is CCNCC1(CCOc2ccc(Br)cc2)CCCC1. The summed E-state index contributed by atoms with van der Waals surface area (Å²) in [5.74, 6) is 0.972. The van der Waals surface area contributed by atoms with Gasteiger partial charge in [0.15, 0.2) is 0 Å². The highest BCUT2D eigenvalue weighted by Crippen LogP contribution is 2.40. The first-order valence-electron chi connectivity index (χ1n) is 7.33. The topological polar surface area (TPSA) is 21.3 Å². The van der Waals surface area contributed by atoms with Gasteiger partial charge >= 0.3 is 0 Å². The highest BCUT2D eigenvalue weighted by molar-refractivity contribution is 9.10. The average Bonchev–Trinajstić information content (AvgIpc) is 2.88. The molecule has 0 atom stereocenters. The lowest BCUT2D eigenvalue weighted by Crippen LogP contribution is -2.33. The lowest BCUT2D eigenvalue weighted by Gasteiger charge is -2.29. The fourth-order valence-electron chi connectivity index (χ4n) is 2.95. The molecule has 0 unspecified atom stereocenters. The fraction of sp³-hybridized carbons (Fsp3) is 0.625. The third kappa shape index (κ3) is 4.50. The van der Waals surface area contributed by atoms with E-state index in [0.717, 1.165) is 36.3 Å². The predicted octanol–water partition coefficient (Wildman–Crippen LogP) is 4.39. The van der Waals surface area contributed by atoms with Gasteiger partial charge in [-0.3, -0.25) is 0 Å². The molecule has 0 bridgehead atoms. The van der Waals surface area contributed by atoms with Crippen molar-refractivity contribution in [3.63, 3.8) is 0 Å². The van der Waals surface area contributed by atoms with E-state index in [-0.39, 0.29) is 0 Å². The molecule has 0 radical (unpaired) electrons. The van der Waals surface area contributed by atoms with E-state index in [1.807, 2.05) is 24.3 Å². The first kappa shape index (κ1) is 14.9. The number of hydrogen-bond donors (Lipinski definition) is 1.